The van der Waals surface area contributed by atoms with Gasteiger partial charge in [0.05, 0.1) is 0 Å². The molecule has 0 radical (unpaired) electrons. The van der Waals surface area contributed by atoms with Crippen LogP contribution in [0.4, 0.5) is 0 Å². The smallest absolute Gasteiger partial charge is 0.323 e. The highest BCUT2D eigenvalue weighted by Gasteiger charge is 2.21. The number of unbranched alkanes of at least 4 members (excludes halogenated alkanes) is 1. The number of ether oxygens (including phenoxy) is 1. The Hall–Kier alpha value is -1.10. The van der Waals surface area contributed by atoms with Gasteiger partial charge >= 0.3 is 5.97 Å². The van der Waals surface area contributed by atoms with Crippen molar-refractivity contribution < 1.29 is 14.3 Å². The summed E-state index contributed by atoms with van der Waals surface area (Å²) in [6, 6.07) is -0.577. The van der Waals surface area contributed by atoms with E-state index in [4.69, 9.17) is 10.5 Å². The number of hydrogen-bond donors (Lipinski definition) is 2. The first-order valence-electron chi connectivity index (χ1n) is 5.95. The number of carbonyl (C=O) groups is 2. The van der Waals surface area contributed by atoms with Gasteiger partial charge in [-0.1, -0.05) is 0 Å². The molecule has 0 aromatic carbocycles. The predicted molar refractivity (Wildman–Crippen MR) is 66.4 cm³/mol. The van der Waals surface area contributed by atoms with Gasteiger partial charge in [-0.3, -0.25) is 9.59 Å². The largest absolute Gasteiger partial charge is 0.459 e. The quantitative estimate of drug-likeness (QED) is 0.538. The van der Waals surface area contributed by atoms with Gasteiger partial charge in [-0.2, -0.15) is 0 Å². The lowest BCUT2D eigenvalue weighted by atomic mass is 10.1. The van der Waals surface area contributed by atoms with Crippen molar-refractivity contribution in [3.8, 4) is 0 Å². The van der Waals surface area contributed by atoms with E-state index in [0.29, 0.717) is 13.0 Å². The van der Waals surface area contributed by atoms with Crippen LogP contribution in [-0.2, 0) is 14.3 Å². The first-order valence-corrected chi connectivity index (χ1v) is 5.95. The molecular weight excluding hydrogens is 220 g/mol. The molecule has 1 amide bonds. The summed E-state index contributed by atoms with van der Waals surface area (Å²) in [5.74, 6) is -0.404. The van der Waals surface area contributed by atoms with Crippen LogP contribution in [0, 0.1) is 0 Å². The highest BCUT2D eigenvalue weighted by atomic mass is 16.6. The van der Waals surface area contributed by atoms with Crippen molar-refractivity contribution in [2.24, 2.45) is 5.73 Å². The second kappa shape index (κ2) is 7.27. The minimum Gasteiger partial charge on any atom is -0.459 e. The summed E-state index contributed by atoms with van der Waals surface area (Å²) in [7, 11) is 0. The van der Waals surface area contributed by atoms with Gasteiger partial charge in [0.1, 0.15) is 11.6 Å². The number of nitrogens with one attached hydrogen (secondary N) is 1. The van der Waals surface area contributed by atoms with Crippen LogP contribution in [0.5, 0.6) is 0 Å². The van der Waals surface area contributed by atoms with E-state index in [1.807, 2.05) is 20.8 Å². The number of carbonyl (C=O) groups excluding carboxylic acids is 2. The van der Waals surface area contributed by atoms with Gasteiger partial charge in [-0.15, -0.1) is 0 Å². The number of esters is 1. The molecule has 0 fully saturated rings. The fraction of sp³-hybridized carbons (Fsp3) is 0.833. The van der Waals surface area contributed by atoms with Crippen molar-refractivity contribution in [1.29, 1.82) is 0 Å². The van der Waals surface area contributed by atoms with Gasteiger partial charge in [-0.25, -0.2) is 0 Å². The maximum Gasteiger partial charge on any atom is 0.323 e. The van der Waals surface area contributed by atoms with E-state index in [2.05, 4.69) is 5.32 Å². The molecule has 0 aliphatic heterocycles. The van der Waals surface area contributed by atoms with E-state index in [1.165, 1.54) is 6.92 Å². The monoisotopic (exact) mass is 244 g/mol. The third-order valence-corrected chi connectivity index (χ3v) is 2.03. The number of rotatable bonds is 6. The molecule has 5 heteroatoms. The van der Waals surface area contributed by atoms with E-state index < -0.39 is 11.6 Å². The molecule has 5 nitrogen and oxygen atoms in total. The molecule has 0 heterocycles. The lowest BCUT2D eigenvalue weighted by Gasteiger charge is -2.22. The fourth-order valence-corrected chi connectivity index (χ4v) is 1.25. The van der Waals surface area contributed by atoms with E-state index in [1.54, 1.807) is 0 Å². The summed E-state index contributed by atoms with van der Waals surface area (Å²) in [5.41, 5.74) is 5.21. The summed E-state index contributed by atoms with van der Waals surface area (Å²) >= 11 is 0. The summed E-state index contributed by atoms with van der Waals surface area (Å²) in [5, 5.41) is 2.69. The lowest BCUT2D eigenvalue weighted by Crippen LogP contribution is -2.37. The van der Waals surface area contributed by atoms with Crippen LogP contribution >= 0.6 is 0 Å². The lowest BCUT2D eigenvalue weighted by molar-refractivity contribution is -0.156. The summed E-state index contributed by atoms with van der Waals surface area (Å²) in [6.45, 7) is 7.54. The molecular formula is C12H24N2O3. The zero-order valence-electron chi connectivity index (χ0n) is 11.2. The highest BCUT2D eigenvalue weighted by molar-refractivity contribution is 5.75. The Balaban J connectivity index is 3.68. The maximum absolute atomic E-state index is 11.5. The zero-order valence-corrected chi connectivity index (χ0v) is 11.2. The Kier molecular flexibility index (Phi) is 6.80. The molecule has 0 saturated carbocycles. The molecule has 100 valence electrons. The molecule has 0 unspecified atom stereocenters. The first kappa shape index (κ1) is 15.9. The Morgan fingerprint density at radius 2 is 1.88 bits per heavy atom. The normalized spacial score (nSPS) is 13.0. The van der Waals surface area contributed by atoms with Crippen molar-refractivity contribution >= 4 is 11.9 Å². The average Bonchev–Trinajstić information content (AvgIpc) is 2.13. The molecule has 0 aromatic rings. The van der Waals surface area contributed by atoms with Gasteiger partial charge in [0, 0.05) is 13.5 Å². The molecule has 0 bridgehead atoms. The van der Waals surface area contributed by atoms with Crippen LogP contribution < -0.4 is 11.1 Å². The minimum absolute atomic E-state index is 0.0403. The minimum atomic E-state index is -0.577. The SMILES string of the molecule is CC(=O)NCCCC[C@H](N)C(=O)OC(C)(C)C. The van der Waals surface area contributed by atoms with Gasteiger partial charge < -0.3 is 15.8 Å². The van der Waals surface area contributed by atoms with Gasteiger partial charge in [0.25, 0.3) is 0 Å². The molecule has 0 rings (SSSR count). The van der Waals surface area contributed by atoms with E-state index in [-0.39, 0.29) is 11.9 Å². The van der Waals surface area contributed by atoms with Crippen molar-refractivity contribution in [2.45, 2.75) is 58.6 Å². The predicted octanol–water partition coefficient (Wildman–Crippen LogP) is 0.962. The van der Waals surface area contributed by atoms with Crippen LogP contribution in [0.25, 0.3) is 0 Å². The van der Waals surface area contributed by atoms with Crippen molar-refractivity contribution in [2.75, 3.05) is 6.54 Å². The Labute approximate surface area is 103 Å². The van der Waals surface area contributed by atoms with Crippen LogP contribution in [-0.4, -0.2) is 30.1 Å². The Morgan fingerprint density at radius 3 is 2.35 bits per heavy atom. The van der Waals surface area contributed by atoms with Crippen molar-refractivity contribution in [3.63, 3.8) is 0 Å². The number of amides is 1. The Morgan fingerprint density at radius 1 is 1.29 bits per heavy atom. The first-order chi connectivity index (χ1) is 7.72. The van der Waals surface area contributed by atoms with Crippen LogP contribution in [0.1, 0.15) is 47.0 Å². The van der Waals surface area contributed by atoms with Gasteiger partial charge in [-0.05, 0) is 40.0 Å². The fourth-order valence-electron chi connectivity index (χ4n) is 1.25. The van der Waals surface area contributed by atoms with E-state index in [0.717, 1.165) is 12.8 Å². The number of nitrogens with two attached hydrogens (primary N) is 1. The molecule has 3 N–H and O–H groups in total. The summed E-state index contributed by atoms with van der Waals surface area (Å²) < 4.78 is 5.16. The topological polar surface area (TPSA) is 81.4 Å². The van der Waals surface area contributed by atoms with Crippen molar-refractivity contribution in [3.05, 3.63) is 0 Å². The van der Waals surface area contributed by atoms with Crippen LogP contribution in [0.3, 0.4) is 0 Å². The van der Waals surface area contributed by atoms with Crippen molar-refractivity contribution in [1.82, 2.24) is 5.32 Å². The summed E-state index contributed by atoms with van der Waals surface area (Å²) in [6.07, 6.45) is 2.19. The molecule has 0 saturated heterocycles. The summed E-state index contributed by atoms with van der Waals surface area (Å²) in [4.78, 5) is 22.1. The molecule has 0 aromatic heterocycles. The van der Waals surface area contributed by atoms with E-state index in [9.17, 15) is 9.59 Å². The molecule has 0 aliphatic carbocycles. The van der Waals surface area contributed by atoms with E-state index >= 15 is 0 Å². The Bertz CT molecular complexity index is 259. The van der Waals surface area contributed by atoms with Gasteiger partial charge in [0.2, 0.25) is 5.91 Å². The maximum atomic E-state index is 11.5. The molecule has 17 heavy (non-hydrogen) atoms. The molecule has 0 spiro atoms. The number of hydrogen-bond acceptors (Lipinski definition) is 4. The van der Waals surface area contributed by atoms with Gasteiger partial charge in [0.15, 0.2) is 0 Å². The van der Waals surface area contributed by atoms with Crippen LogP contribution in [0.15, 0.2) is 0 Å². The average molecular weight is 244 g/mol. The third kappa shape index (κ3) is 9.81. The highest BCUT2D eigenvalue weighted by Crippen LogP contribution is 2.10. The zero-order chi connectivity index (χ0) is 13.5. The second-order valence-electron chi connectivity index (χ2n) is 5.12. The standard InChI is InChI=1S/C12H24N2O3/c1-9(15)14-8-6-5-7-10(13)11(16)17-12(2,3)4/h10H,5-8,13H2,1-4H3,(H,14,15)/t10-/m0/s1. The third-order valence-electron chi connectivity index (χ3n) is 2.03. The molecule has 0 aliphatic rings. The van der Waals surface area contributed by atoms with Crippen LogP contribution in [0.2, 0.25) is 0 Å². The second-order valence-corrected chi connectivity index (χ2v) is 5.12. The molecule has 1 atom stereocenters.